The molecule has 0 radical (unpaired) electrons. The molecule has 2 atom stereocenters. The molecule has 3 aromatic heterocycles. The van der Waals surface area contributed by atoms with E-state index in [1.54, 1.807) is 28.4 Å². The monoisotopic (exact) mass is 570 g/mol. The van der Waals surface area contributed by atoms with Crippen LogP contribution in [0.5, 0.6) is 0 Å². The lowest BCUT2D eigenvalue weighted by Crippen LogP contribution is -2.43. The number of rotatable bonds is 7. The second-order valence-electron chi connectivity index (χ2n) is 9.15. The number of nitrogens with zero attached hydrogens (tertiary/aromatic N) is 4. The third kappa shape index (κ3) is 4.58. The average Bonchev–Trinajstić information content (AvgIpc) is 3.52. The van der Waals surface area contributed by atoms with Gasteiger partial charge in [-0.1, -0.05) is 47.0 Å². The van der Waals surface area contributed by atoms with Crippen molar-refractivity contribution in [2.45, 2.75) is 50.9 Å². The lowest BCUT2D eigenvalue weighted by Gasteiger charge is -2.29. The van der Waals surface area contributed by atoms with Gasteiger partial charge in [0.05, 0.1) is 13.1 Å². The summed E-state index contributed by atoms with van der Waals surface area (Å²) < 4.78 is 5.02. The van der Waals surface area contributed by atoms with Gasteiger partial charge < -0.3 is 11.1 Å². The summed E-state index contributed by atoms with van der Waals surface area (Å²) in [4.78, 5) is 44.4. The first-order chi connectivity index (χ1) is 17.3. The summed E-state index contributed by atoms with van der Waals surface area (Å²) in [7, 11) is 1.57. The van der Waals surface area contributed by atoms with Crippen LogP contribution < -0.4 is 22.3 Å². The zero-order chi connectivity index (χ0) is 25.4. The number of nitrogens with one attached hydrogen (secondary N) is 1. The second kappa shape index (κ2) is 10.2. The number of halogens is 1. The maximum Gasteiger partial charge on any atom is 0.332 e. The number of imidazole rings is 1. The number of hydrogen-bond donors (Lipinski definition) is 2. The molecule has 188 valence electrons. The van der Waals surface area contributed by atoms with Crippen LogP contribution in [0.15, 0.2) is 55.2 Å². The minimum atomic E-state index is -0.581. The number of nitrogens with two attached hydrogens (primary N) is 1. The summed E-state index contributed by atoms with van der Waals surface area (Å²) in [5.41, 5.74) is 7.22. The van der Waals surface area contributed by atoms with Gasteiger partial charge in [-0.25, -0.2) is 4.79 Å². The first-order valence-corrected chi connectivity index (χ1v) is 13.6. The standard InChI is InChI=1S/C25H27BrN6O3S/c1-30-22-21(23(34)32(25(30)35)13-20(33)16-10-11-36-14-16)31(12-15-6-2-3-7-17(15)26)24(29-22)28-19-9-5-4-8-18(19)27/h2-3,6-7,10-11,14,18-19H,4-5,8-9,12-13,27H2,1H3,(H,28,29)/t18?,19-/m0/s1. The van der Waals surface area contributed by atoms with E-state index in [4.69, 9.17) is 10.7 Å². The molecule has 3 heterocycles. The van der Waals surface area contributed by atoms with Gasteiger partial charge in [-0.2, -0.15) is 16.3 Å². The number of thiophene rings is 1. The van der Waals surface area contributed by atoms with E-state index in [2.05, 4.69) is 21.2 Å². The minimum Gasteiger partial charge on any atom is -0.351 e. The van der Waals surface area contributed by atoms with Crippen molar-refractivity contribution >= 4 is 50.2 Å². The summed E-state index contributed by atoms with van der Waals surface area (Å²) in [6.45, 7) is 0.00277. The van der Waals surface area contributed by atoms with Crippen molar-refractivity contribution in [2.75, 3.05) is 5.32 Å². The topological polar surface area (TPSA) is 117 Å². The van der Waals surface area contributed by atoms with Gasteiger partial charge in [0.15, 0.2) is 16.9 Å². The van der Waals surface area contributed by atoms with Gasteiger partial charge in [0, 0.05) is 34.5 Å². The molecule has 9 nitrogen and oxygen atoms in total. The Kier molecular flexibility index (Phi) is 6.96. The Hall–Kier alpha value is -3.02. The summed E-state index contributed by atoms with van der Waals surface area (Å²) in [5, 5.41) is 6.97. The highest BCUT2D eigenvalue weighted by Gasteiger charge is 2.27. The highest BCUT2D eigenvalue weighted by molar-refractivity contribution is 9.10. The number of hydrogen-bond acceptors (Lipinski definition) is 7. The molecule has 0 bridgehead atoms. The van der Waals surface area contributed by atoms with Gasteiger partial charge in [-0.05, 0) is 35.9 Å². The summed E-state index contributed by atoms with van der Waals surface area (Å²) in [6.07, 6.45) is 3.96. The van der Waals surface area contributed by atoms with Crippen LogP contribution in [-0.4, -0.2) is 36.6 Å². The number of aryl methyl sites for hydroxylation is 1. The smallest absolute Gasteiger partial charge is 0.332 e. The molecule has 5 rings (SSSR count). The number of fused-ring (bicyclic) bond motifs is 1. The molecule has 36 heavy (non-hydrogen) atoms. The molecular weight excluding hydrogens is 544 g/mol. The predicted octanol–water partition coefficient (Wildman–Crippen LogP) is 3.33. The number of Topliss-reactive ketones (excluding diaryl/α,β-unsaturated/α-hetero) is 1. The van der Waals surface area contributed by atoms with Crippen molar-refractivity contribution in [1.29, 1.82) is 0 Å². The number of aromatic nitrogens is 4. The minimum absolute atomic E-state index is 0.00736. The Bertz CT molecular complexity index is 1540. The molecule has 1 aromatic carbocycles. The van der Waals surface area contributed by atoms with E-state index in [1.807, 2.05) is 24.3 Å². The zero-order valence-electron chi connectivity index (χ0n) is 19.8. The zero-order valence-corrected chi connectivity index (χ0v) is 22.2. The number of anilines is 1. The summed E-state index contributed by atoms with van der Waals surface area (Å²) >= 11 is 4.99. The fourth-order valence-electron chi connectivity index (χ4n) is 4.73. The van der Waals surface area contributed by atoms with Gasteiger partial charge >= 0.3 is 5.69 Å². The van der Waals surface area contributed by atoms with Gasteiger partial charge in [0.2, 0.25) is 5.95 Å². The largest absolute Gasteiger partial charge is 0.351 e. The molecule has 1 fully saturated rings. The third-order valence-corrected chi connectivity index (χ3v) is 8.25. The summed E-state index contributed by atoms with van der Waals surface area (Å²) in [5.74, 6) is 0.190. The van der Waals surface area contributed by atoms with Gasteiger partial charge in [0.25, 0.3) is 5.56 Å². The van der Waals surface area contributed by atoms with Crippen LogP contribution in [0.2, 0.25) is 0 Å². The lowest BCUT2D eigenvalue weighted by molar-refractivity contribution is 0.0969. The number of carbonyl (C=O) groups is 1. The number of carbonyl (C=O) groups excluding carboxylic acids is 1. The van der Waals surface area contributed by atoms with E-state index in [9.17, 15) is 14.4 Å². The van der Waals surface area contributed by atoms with Crippen LogP contribution in [0.3, 0.4) is 0 Å². The average molecular weight is 572 g/mol. The van der Waals surface area contributed by atoms with E-state index in [-0.39, 0.29) is 35.6 Å². The molecule has 4 aromatic rings. The molecule has 1 unspecified atom stereocenters. The molecule has 0 aliphatic heterocycles. The number of benzene rings is 1. The maximum atomic E-state index is 13.7. The van der Waals surface area contributed by atoms with Crippen molar-refractivity contribution < 1.29 is 4.79 Å². The van der Waals surface area contributed by atoms with Crippen molar-refractivity contribution in [1.82, 2.24) is 18.7 Å². The molecule has 1 aliphatic carbocycles. The SMILES string of the molecule is Cn1c(=O)n(CC(=O)c2ccsc2)c(=O)c2c1nc(N[C@H]1CCCCC1N)n2Cc1ccccc1Br. The third-order valence-electron chi connectivity index (χ3n) is 6.80. The first kappa shape index (κ1) is 24.7. The molecule has 0 spiro atoms. The Labute approximate surface area is 219 Å². The van der Waals surface area contributed by atoms with E-state index in [1.165, 1.54) is 15.9 Å². The van der Waals surface area contributed by atoms with Crippen LogP contribution in [0, 0.1) is 0 Å². The maximum absolute atomic E-state index is 13.7. The van der Waals surface area contributed by atoms with Crippen LogP contribution in [0.1, 0.15) is 41.6 Å². The molecule has 3 N–H and O–H groups in total. The normalized spacial score (nSPS) is 18.0. The van der Waals surface area contributed by atoms with Crippen molar-refractivity contribution in [3.63, 3.8) is 0 Å². The summed E-state index contributed by atoms with van der Waals surface area (Å²) in [6, 6.07) is 9.42. The fourth-order valence-corrected chi connectivity index (χ4v) is 5.81. The van der Waals surface area contributed by atoms with Crippen molar-refractivity contribution in [2.24, 2.45) is 12.8 Å². The van der Waals surface area contributed by atoms with Crippen LogP contribution in [0.25, 0.3) is 11.2 Å². The Morgan fingerprint density at radius 1 is 1.19 bits per heavy atom. The first-order valence-electron chi connectivity index (χ1n) is 11.9. The molecule has 0 amide bonds. The molecule has 1 aliphatic rings. The Morgan fingerprint density at radius 3 is 2.69 bits per heavy atom. The van der Waals surface area contributed by atoms with Crippen molar-refractivity contribution in [3.8, 4) is 0 Å². The molecule has 11 heteroatoms. The molecule has 0 saturated heterocycles. The van der Waals surface area contributed by atoms with Crippen LogP contribution in [-0.2, 0) is 20.1 Å². The fraction of sp³-hybridized carbons (Fsp3) is 0.360. The lowest BCUT2D eigenvalue weighted by atomic mass is 9.91. The molecular formula is C25H27BrN6O3S. The van der Waals surface area contributed by atoms with Crippen LogP contribution >= 0.6 is 27.3 Å². The quantitative estimate of drug-likeness (QED) is 0.329. The van der Waals surface area contributed by atoms with Gasteiger partial charge in [-0.15, -0.1) is 0 Å². The highest BCUT2D eigenvalue weighted by Crippen LogP contribution is 2.25. The van der Waals surface area contributed by atoms with Gasteiger partial charge in [-0.3, -0.25) is 23.3 Å². The van der Waals surface area contributed by atoms with Gasteiger partial charge in [0.1, 0.15) is 0 Å². The number of ketones is 1. The van der Waals surface area contributed by atoms with E-state index in [0.717, 1.165) is 40.3 Å². The molecule has 1 saturated carbocycles. The van der Waals surface area contributed by atoms with E-state index >= 15 is 0 Å². The Balaban J connectivity index is 1.67. The second-order valence-corrected chi connectivity index (χ2v) is 10.8. The predicted molar refractivity (Wildman–Crippen MR) is 145 cm³/mol. The highest BCUT2D eigenvalue weighted by atomic mass is 79.9. The van der Waals surface area contributed by atoms with Crippen molar-refractivity contribution in [3.05, 3.63) is 77.5 Å². The van der Waals surface area contributed by atoms with Crippen LogP contribution in [0.4, 0.5) is 5.95 Å². The van der Waals surface area contributed by atoms with E-state index < -0.39 is 11.2 Å². The Morgan fingerprint density at radius 2 is 1.97 bits per heavy atom. The van der Waals surface area contributed by atoms with E-state index in [0.29, 0.717) is 18.1 Å².